The Labute approximate surface area is 265 Å². The Morgan fingerprint density at radius 2 is 1.52 bits per heavy atom. The maximum atomic E-state index is 14.0. The van der Waals surface area contributed by atoms with Gasteiger partial charge in [-0.2, -0.15) is 0 Å². The van der Waals surface area contributed by atoms with Gasteiger partial charge in [0.15, 0.2) is 0 Å². The maximum Gasteiger partial charge on any atom is 0.457 e. The van der Waals surface area contributed by atoms with Crippen LogP contribution in [0.4, 0.5) is 4.79 Å². The molecule has 2 N–H and O–H groups in total. The fraction of sp³-hybridized carbons (Fsp3) is 0.735. The zero-order chi connectivity index (χ0) is 33.1. The average Bonchev–Trinajstić information content (AvgIpc) is 3.07. The molecule has 1 aromatic rings. The number of benzene rings is 1. The number of nitrogens with zero attached hydrogens (tertiary/aromatic N) is 1. The minimum atomic E-state index is -1.15. The van der Waals surface area contributed by atoms with Crippen LogP contribution in [0.2, 0.25) is 6.32 Å². The second-order valence-electron chi connectivity index (χ2n) is 15.7. The van der Waals surface area contributed by atoms with Crippen LogP contribution in [0.5, 0.6) is 0 Å². The Bertz CT molecular complexity index is 1170. The molecule has 2 unspecified atom stereocenters. The van der Waals surface area contributed by atoms with Gasteiger partial charge < -0.3 is 29.6 Å². The van der Waals surface area contributed by atoms with E-state index < -0.39 is 27.9 Å². The molecule has 0 saturated carbocycles. The van der Waals surface area contributed by atoms with Gasteiger partial charge in [0.1, 0.15) is 11.1 Å². The van der Waals surface area contributed by atoms with Gasteiger partial charge >= 0.3 is 13.2 Å². The largest absolute Gasteiger partial charge is 0.457 e. The third-order valence-electron chi connectivity index (χ3n) is 8.82. The summed E-state index contributed by atoms with van der Waals surface area (Å²) in [5, 5.41) is 6.19. The first-order valence-corrected chi connectivity index (χ1v) is 16.2. The molecule has 1 saturated heterocycles. The van der Waals surface area contributed by atoms with Gasteiger partial charge in [0.05, 0.1) is 11.2 Å². The van der Waals surface area contributed by atoms with Crippen LogP contribution in [0.25, 0.3) is 0 Å². The number of carbonyl (C=O) groups is 3. The standard InChI is InChI=1S/C34H56BN3O6/c1-24(39)36-34(28(40)37-30(2,3)4,19-14-15-21-35-43-32(8,9)33(10,11)44-35)20-18-27-22-25-16-12-13-17-26(25)23-38(27)29(41)42-31(5,6)7/h12-13,16-17,27H,14-15,18-23H2,1-11H3,(H,36,39)(H,37,40). The van der Waals surface area contributed by atoms with Crippen molar-refractivity contribution in [2.75, 3.05) is 0 Å². The summed E-state index contributed by atoms with van der Waals surface area (Å²) in [5.74, 6) is -0.478. The summed E-state index contributed by atoms with van der Waals surface area (Å²) in [5.41, 5.74) is -0.796. The molecule has 0 spiro atoms. The molecule has 0 bridgehead atoms. The Morgan fingerprint density at radius 1 is 0.932 bits per heavy atom. The number of carbonyl (C=O) groups excluding carboxylic acids is 3. The van der Waals surface area contributed by atoms with E-state index >= 15 is 0 Å². The molecule has 2 aliphatic rings. The quantitative estimate of drug-likeness (QED) is 0.241. The smallest absolute Gasteiger partial charge is 0.444 e. The lowest BCUT2D eigenvalue weighted by molar-refractivity contribution is -0.135. The number of fused-ring (bicyclic) bond motifs is 1. The molecule has 3 rings (SSSR count). The van der Waals surface area contributed by atoms with Crippen LogP contribution in [0.3, 0.4) is 0 Å². The number of rotatable bonds is 10. The van der Waals surface area contributed by atoms with Crippen molar-refractivity contribution in [2.24, 2.45) is 0 Å². The molecular formula is C34H56BN3O6. The molecule has 3 amide bonds. The van der Waals surface area contributed by atoms with Crippen molar-refractivity contribution < 1.29 is 28.4 Å². The highest BCUT2D eigenvalue weighted by Crippen LogP contribution is 2.38. The third-order valence-corrected chi connectivity index (χ3v) is 8.82. The molecule has 2 atom stereocenters. The number of nitrogens with one attached hydrogen (secondary N) is 2. The molecule has 10 heteroatoms. The number of hydrogen-bond donors (Lipinski definition) is 2. The fourth-order valence-corrected chi connectivity index (χ4v) is 5.94. The molecule has 1 fully saturated rings. The first-order chi connectivity index (χ1) is 20.1. The van der Waals surface area contributed by atoms with E-state index in [0.29, 0.717) is 45.0 Å². The highest BCUT2D eigenvalue weighted by atomic mass is 16.7. The summed E-state index contributed by atoms with van der Waals surface area (Å²) in [7, 11) is -0.316. The molecule has 0 aliphatic carbocycles. The van der Waals surface area contributed by atoms with Gasteiger partial charge in [-0.3, -0.25) is 9.59 Å². The van der Waals surface area contributed by atoms with Crippen LogP contribution in [0, 0.1) is 0 Å². The second kappa shape index (κ2) is 13.4. The van der Waals surface area contributed by atoms with E-state index in [-0.39, 0.29) is 31.1 Å². The predicted molar refractivity (Wildman–Crippen MR) is 174 cm³/mol. The zero-order valence-electron chi connectivity index (χ0n) is 29.0. The van der Waals surface area contributed by atoms with Crippen LogP contribution < -0.4 is 10.6 Å². The highest BCUT2D eigenvalue weighted by molar-refractivity contribution is 6.45. The predicted octanol–water partition coefficient (Wildman–Crippen LogP) is 6.18. The van der Waals surface area contributed by atoms with Crippen LogP contribution in [-0.2, 0) is 36.6 Å². The molecule has 2 aliphatic heterocycles. The topological polar surface area (TPSA) is 106 Å². The van der Waals surface area contributed by atoms with E-state index in [4.69, 9.17) is 14.0 Å². The summed E-state index contributed by atoms with van der Waals surface area (Å²) >= 11 is 0. The minimum absolute atomic E-state index is 0.194. The van der Waals surface area contributed by atoms with Crippen molar-refractivity contribution in [1.82, 2.24) is 15.5 Å². The van der Waals surface area contributed by atoms with Crippen molar-refractivity contribution in [3.05, 3.63) is 35.4 Å². The summed E-state index contributed by atoms with van der Waals surface area (Å²) in [4.78, 5) is 41.9. The lowest BCUT2D eigenvalue weighted by Crippen LogP contribution is -2.62. The molecule has 0 radical (unpaired) electrons. The lowest BCUT2D eigenvalue weighted by Gasteiger charge is -2.41. The van der Waals surface area contributed by atoms with E-state index in [1.54, 1.807) is 4.90 Å². The van der Waals surface area contributed by atoms with E-state index in [2.05, 4.69) is 16.7 Å². The van der Waals surface area contributed by atoms with E-state index in [1.165, 1.54) is 12.5 Å². The zero-order valence-corrected chi connectivity index (χ0v) is 29.0. The van der Waals surface area contributed by atoms with Crippen LogP contribution in [-0.4, -0.2) is 63.8 Å². The Hall–Kier alpha value is -2.59. The molecule has 246 valence electrons. The van der Waals surface area contributed by atoms with Crippen molar-refractivity contribution in [3.8, 4) is 0 Å². The second-order valence-corrected chi connectivity index (χ2v) is 15.7. The number of amides is 3. The Morgan fingerprint density at radius 3 is 2.07 bits per heavy atom. The maximum absolute atomic E-state index is 14.0. The normalized spacial score (nSPS) is 20.8. The molecule has 1 aromatic carbocycles. The van der Waals surface area contributed by atoms with Crippen LogP contribution in [0.15, 0.2) is 24.3 Å². The number of hydrogen-bond acceptors (Lipinski definition) is 6. The van der Waals surface area contributed by atoms with Gasteiger partial charge in [0.2, 0.25) is 11.8 Å². The van der Waals surface area contributed by atoms with Gasteiger partial charge in [0.25, 0.3) is 0 Å². The monoisotopic (exact) mass is 613 g/mol. The van der Waals surface area contributed by atoms with Gasteiger partial charge in [0, 0.05) is 25.0 Å². The highest BCUT2D eigenvalue weighted by Gasteiger charge is 2.50. The molecular weight excluding hydrogens is 557 g/mol. The van der Waals surface area contributed by atoms with Crippen molar-refractivity contribution in [2.45, 2.75) is 161 Å². The lowest BCUT2D eigenvalue weighted by atomic mass is 9.78. The Kier molecular flexibility index (Phi) is 10.9. The molecule has 44 heavy (non-hydrogen) atoms. The van der Waals surface area contributed by atoms with Crippen molar-refractivity contribution >= 4 is 25.0 Å². The van der Waals surface area contributed by atoms with Gasteiger partial charge in [-0.25, -0.2) is 4.79 Å². The summed E-state index contributed by atoms with van der Waals surface area (Å²) in [6.45, 7) is 21.4. The average molecular weight is 614 g/mol. The number of ether oxygens (including phenoxy) is 1. The first kappa shape index (κ1) is 35.9. The molecule has 9 nitrogen and oxygen atoms in total. The van der Waals surface area contributed by atoms with Gasteiger partial charge in [-0.1, -0.05) is 37.1 Å². The molecule has 2 heterocycles. The third kappa shape index (κ3) is 9.46. The van der Waals surface area contributed by atoms with Crippen LogP contribution >= 0.6 is 0 Å². The van der Waals surface area contributed by atoms with Gasteiger partial charge in [-0.05, 0) is 112 Å². The molecule has 0 aromatic heterocycles. The van der Waals surface area contributed by atoms with Crippen molar-refractivity contribution in [3.63, 3.8) is 0 Å². The van der Waals surface area contributed by atoms with Gasteiger partial charge in [-0.15, -0.1) is 0 Å². The van der Waals surface area contributed by atoms with E-state index in [9.17, 15) is 14.4 Å². The summed E-state index contributed by atoms with van der Waals surface area (Å²) < 4.78 is 18.2. The van der Waals surface area contributed by atoms with E-state index in [0.717, 1.165) is 12.0 Å². The summed E-state index contributed by atoms with van der Waals surface area (Å²) in [6, 6.07) is 7.94. The van der Waals surface area contributed by atoms with Crippen molar-refractivity contribution in [1.29, 1.82) is 0 Å². The Balaban J connectivity index is 1.83. The summed E-state index contributed by atoms with van der Waals surface area (Å²) in [6.07, 6.45) is 3.75. The van der Waals surface area contributed by atoms with E-state index in [1.807, 2.05) is 87.4 Å². The van der Waals surface area contributed by atoms with Crippen LogP contribution in [0.1, 0.15) is 119 Å². The minimum Gasteiger partial charge on any atom is -0.444 e. The SMILES string of the molecule is CC(=O)NC(CCCCB1OC(C)(C)C(C)(C)O1)(CCC1Cc2ccccc2CN1C(=O)OC(C)(C)C)C(=O)NC(C)(C)C. The fourth-order valence-electron chi connectivity index (χ4n) is 5.94. The number of unbranched alkanes of at least 4 members (excludes halogenated alkanes) is 1. The first-order valence-electron chi connectivity index (χ1n) is 16.2.